The molecule has 8 heteroatoms. The number of hydrogen-bond acceptors (Lipinski definition) is 5. The van der Waals surface area contributed by atoms with Crippen LogP contribution >= 0.6 is 0 Å². The number of phenols is 1. The summed E-state index contributed by atoms with van der Waals surface area (Å²) < 4.78 is 6.93. The van der Waals surface area contributed by atoms with Gasteiger partial charge in [0.15, 0.2) is 0 Å². The average Bonchev–Trinajstić information content (AvgIpc) is 3.05. The third kappa shape index (κ3) is 3.57. The molecule has 0 radical (unpaired) electrons. The standard InChI is InChI=1S/C22H24N2O6/c1-11-7-13(22(28)29)5-6-14(11)16(10-25)23-21(27)18-8-15-17(24(18)3)9-19(30-4)12(2)20(15)26/h5-9,16,25-26H,10H2,1-4H3,(H,23,27)(H,28,29)/t16-/m1/s1. The largest absolute Gasteiger partial charge is 0.507 e. The lowest BCUT2D eigenvalue weighted by atomic mass is 9.99. The molecule has 0 saturated carbocycles. The van der Waals surface area contributed by atoms with Crippen LogP contribution in [0.5, 0.6) is 11.5 Å². The van der Waals surface area contributed by atoms with E-state index in [1.165, 1.54) is 19.2 Å². The minimum Gasteiger partial charge on any atom is -0.507 e. The first-order valence-corrected chi connectivity index (χ1v) is 9.31. The number of aliphatic hydroxyl groups excluding tert-OH is 1. The number of aromatic nitrogens is 1. The topological polar surface area (TPSA) is 121 Å². The van der Waals surface area contributed by atoms with Crippen LogP contribution in [0.15, 0.2) is 30.3 Å². The number of carbonyl (C=O) groups is 2. The van der Waals surface area contributed by atoms with Crippen LogP contribution in [0, 0.1) is 13.8 Å². The van der Waals surface area contributed by atoms with Crippen LogP contribution in [-0.2, 0) is 7.05 Å². The van der Waals surface area contributed by atoms with E-state index in [1.54, 1.807) is 43.7 Å². The van der Waals surface area contributed by atoms with Gasteiger partial charge in [0, 0.05) is 24.1 Å². The molecular weight excluding hydrogens is 388 g/mol. The molecule has 0 unspecified atom stereocenters. The number of aromatic hydroxyl groups is 1. The molecular formula is C22H24N2O6. The van der Waals surface area contributed by atoms with Crippen molar-refractivity contribution >= 4 is 22.8 Å². The van der Waals surface area contributed by atoms with Gasteiger partial charge in [-0.2, -0.15) is 0 Å². The smallest absolute Gasteiger partial charge is 0.335 e. The zero-order valence-corrected chi connectivity index (χ0v) is 17.2. The van der Waals surface area contributed by atoms with Crippen LogP contribution in [-0.4, -0.2) is 45.5 Å². The predicted octanol–water partition coefficient (Wildman–Crippen LogP) is 2.67. The number of carboxylic acid groups (broad SMARTS) is 1. The fourth-order valence-corrected chi connectivity index (χ4v) is 3.62. The van der Waals surface area contributed by atoms with Gasteiger partial charge in [-0.3, -0.25) is 4.79 Å². The highest BCUT2D eigenvalue weighted by molar-refractivity contribution is 6.01. The van der Waals surface area contributed by atoms with E-state index in [9.17, 15) is 19.8 Å². The molecule has 158 valence electrons. The number of rotatable bonds is 6. The van der Waals surface area contributed by atoms with E-state index in [2.05, 4.69) is 5.32 Å². The van der Waals surface area contributed by atoms with E-state index in [1.807, 2.05) is 0 Å². The van der Waals surface area contributed by atoms with Crippen LogP contribution in [0.2, 0.25) is 0 Å². The SMILES string of the molecule is COc1cc2c(cc(C(=O)N[C@H](CO)c3ccc(C(=O)O)cc3C)n2C)c(O)c1C. The van der Waals surface area contributed by atoms with Gasteiger partial charge in [-0.15, -0.1) is 0 Å². The van der Waals surface area contributed by atoms with Gasteiger partial charge in [-0.05, 0) is 43.2 Å². The number of amides is 1. The van der Waals surface area contributed by atoms with Crippen molar-refractivity contribution in [1.82, 2.24) is 9.88 Å². The minimum atomic E-state index is -1.05. The molecule has 1 atom stereocenters. The van der Waals surface area contributed by atoms with Crippen molar-refractivity contribution in [3.63, 3.8) is 0 Å². The maximum atomic E-state index is 13.0. The van der Waals surface area contributed by atoms with Gasteiger partial charge in [0.1, 0.15) is 17.2 Å². The Bertz CT molecular complexity index is 1150. The van der Waals surface area contributed by atoms with Gasteiger partial charge in [0.2, 0.25) is 0 Å². The molecule has 0 bridgehead atoms. The number of nitrogens with one attached hydrogen (secondary N) is 1. The van der Waals surface area contributed by atoms with E-state index >= 15 is 0 Å². The van der Waals surface area contributed by atoms with Crippen LogP contribution in [0.25, 0.3) is 10.9 Å². The summed E-state index contributed by atoms with van der Waals surface area (Å²) in [7, 11) is 3.21. The summed E-state index contributed by atoms with van der Waals surface area (Å²) in [5.41, 5.74) is 2.89. The van der Waals surface area contributed by atoms with E-state index in [4.69, 9.17) is 9.84 Å². The fourth-order valence-electron chi connectivity index (χ4n) is 3.62. The highest BCUT2D eigenvalue weighted by atomic mass is 16.5. The van der Waals surface area contributed by atoms with Gasteiger partial charge < -0.3 is 29.9 Å². The molecule has 1 heterocycles. The first-order valence-electron chi connectivity index (χ1n) is 9.31. The van der Waals surface area contributed by atoms with E-state index in [0.29, 0.717) is 39.0 Å². The Labute approximate surface area is 173 Å². The van der Waals surface area contributed by atoms with Crippen molar-refractivity contribution < 1.29 is 29.6 Å². The van der Waals surface area contributed by atoms with Crippen molar-refractivity contribution in [3.05, 3.63) is 58.3 Å². The van der Waals surface area contributed by atoms with E-state index < -0.39 is 17.9 Å². The first kappa shape index (κ1) is 21.2. The average molecular weight is 412 g/mol. The number of phenolic OH excluding ortho intramolecular Hbond substituents is 1. The quantitative estimate of drug-likeness (QED) is 0.494. The molecule has 0 saturated heterocycles. The van der Waals surface area contributed by atoms with Crippen LogP contribution in [0.3, 0.4) is 0 Å². The number of carbonyl (C=O) groups excluding carboxylic acids is 1. The molecule has 1 aromatic heterocycles. The molecule has 2 aromatic carbocycles. The first-order chi connectivity index (χ1) is 14.2. The Morgan fingerprint density at radius 3 is 2.47 bits per heavy atom. The number of nitrogens with zero attached hydrogens (tertiary/aromatic N) is 1. The Morgan fingerprint density at radius 1 is 1.20 bits per heavy atom. The summed E-state index contributed by atoms with van der Waals surface area (Å²) in [6, 6.07) is 7.13. The lowest BCUT2D eigenvalue weighted by molar-refractivity contribution is 0.0696. The van der Waals surface area contributed by atoms with Crippen LogP contribution < -0.4 is 10.1 Å². The number of benzene rings is 2. The zero-order chi connectivity index (χ0) is 22.2. The van der Waals surface area contributed by atoms with Crippen molar-refractivity contribution in [2.45, 2.75) is 19.9 Å². The van der Waals surface area contributed by atoms with Crippen LogP contribution in [0.4, 0.5) is 0 Å². The second-order valence-electron chi connectivity index (χ2n) is 7.16. The lowest BCUT2D eigenvalue weighted by Gasteiger charge is -2.19. The molecule has 3 aromatic rings. The second kappa shape index (κ2) is 8.08. The van der Waals surface area contributed by atoms with Crippen LogP contribution in [0.1, 0.15) is 43.6 Å². The third-order valence-electron chi connectivity index (χ3n) is 5.36. The van der Waals surface area contributed by atoms with E-state index in [-0.39, 0.29) is 17.9 Å². The number of aryl methyl sites for hydroxylation is 2. The molecule has 0 aliphatic heterocycles. The number of aromatic carboxylic acids is 1. The summed E-state index contributed by atoms with van der Waals surface area (Å²) in [6.45, 7) is 3.09. The fraction of sp³-hybridized carbons (Fsp3) is 0.273. The molecule has 0 spiro atoms. The Kier molecular flexibility index (Phi) is 5.71. The third-order valence-corrected chi connectivity index (χ3v) is 5.36. The Hall–Kier alpha value is -3.52. The predicted molar refractivity (Wildman–Crippen MR) is 111 cm³/mol. The van der Waals surface area contributed by atoms with Gasteiger partial charge in [-0.25, -0.2) is 4.79 Å². The van der Waals surface area contributed by atoms with Gasteiger partial charge in [-0.1, -0.05) is 6.07 Å². The number of ether oxygens (including phenoxy) is 1. The number of hydrogen-bond donors (Lipinski definition) is 4. The monoisotopic (exact) mass is 412 g/mol. The molecule has 4 N–H and O–H groups in total. The summed E-state index contributed by atoms with van der Waals surface area (Å²) in [4.78, 5) is 24.1. The number of aliphatic hydroxyl groups is 1. The molecule has 30 heavy (non-hydrogen) atoms. The number of fused-ring (bicyclic) bond motifs is 1. The number of methoxy groups -OCH3 is 1. The molecule has 0 aliphatic rings. The molecule has 1 amide bonds. The summed E-state index contributed by atoms with van der Waals surface area (Å²) in [5, 5.41) is 32.7. The maximum Gasteiger partial charge on any atom is 0.335 e. The molecule has 8 nitrogen and oxygen atoms in total. The highest BCUT2D eigenvalue weighted by Gasteiger charge is 2.22. The second-order valence-corrected chi connectivity index (χ2v) is 7.16. The maximum absolute atomic E-state index is 13.0. The van der Waals surface area contributed by atoms with Crippen molar-refractivity contribution in [3.8, 4) is 11.5 Å². The Morgan fingerprint density at radius 2 is 1.90 bits per heavy atom. The Balaban J connectivity index is 1.96. The lowest BCUT2D eigenvalue weighted by Crippen LogP contribution is -2.32. The van der Waals surface area contributed by atoms with Gasteiger partial charge >= 0.3 is 5.97 Å². The molecule has 0 aliphatic carbocycles. The van der Waals surface area contributed by atoms with Gasteiger partial charge in [0.25, 0.3) is 5.91 Å². The zero-order valence-electron chi connectivity index (χ0n) is 17.2. The van der Waals surface area contributed by atoms with Crippen molar-refractivity contribution in [2.75, 3.05) is 13.7 Å². The minimum absolute atomic E-state index is 0.0396. The molecule has 0 fully saturated rings. The normalized spacial score (nSPS) is 12.0. The van der Waals surface area contributed by atoms with Crippen molar-refractivity contribution in [2.24, 2.45) is 7.05 Å². The summed E-state index contributed by atoms with van der Waals surface area (Å²) in [6.07, 6.45) is 0. The summed E-state index contributed by atoms with van der Waals surface area (Å²) in [5.74, 6) is -0.936. The molecule has 3 rings (SSSR count). The van der Waals surface area contributed by atoms with Gasteiger partial charge in [0.05, 0.1) is 30.8 Å². The summed E-state index contributed by atoms with van der Waals surface area (Å²) >= 11 is 0. The van der Waals surface area contributed by atoms with Crippen molar-refractivity contribution in [1.29, 1.82) is 0 Å². The highest BCUT2D eigenvalue weighted by Crippen LogP contribution is 2.37. The number of carboxylic acids is 1. The van der Waals surface area contributed by atoms with E-state index in [0.717, 1.165) is 0 Å².